The van der Waals surface area contributed by atoms with Crippen molar-refractivity contribution in [1.82, 2.24) is 29.8 Å². The number of anilines is 2. The van der Waals surface area contributed by atoms with Gasteiger partial charge in [0.25, 0.3) is 0 Å². The second-order valence-electron chi connectivity index (χ2n) is 8.03. The number of fused-ring (bicyclic) bond motifs is 1. The van der Waals surface area contributed by atoms with Gasteiger partial charge in [-0.15, -0.1) is 0 Å². The van der Waals surface area contributed by atoms with Gasteiger partial charge in [0.05, 0.1) is 11.9 Å². The first kappa shape index (κ1) is 22.5. The number of nitrogens with zero attached hydrogens (tertiary/aromatic N) is 5. The minimum Gasteiger partial charge on any atom is -0.332 e. The highest BCUT2D eigenvalue weighted by Gasteiger charge is 2.07. The van der Waals surface area contributed by atoms with Gasteiger partial charge in [-0.2, -0.15) is 10.1 Å². The van der Waals surface area contributed by atoms with E-state index in [2.05, 4.69) is 50.4 Å². The zero-order valence-corrected chi connectivity index (χ0v) is 18.5. The van der Waals surface area contributed by atoms with Gasteiger partial charge >= 0.3 is 0 Å². The molecule has 172 valence electrons. The molecule has 0 fully saturated rings. The summed E-state index contributed by atoms with van der Waals surface area (Å²) in [6, 6.07) is 12.5. The van der Waals surface area contributed by atoms with E-state index in [0.29, 0.717) is 12.4 Å². The van der Waals surface area contributed by atoms with Crippen LogP contribution in [-0.4, -0.2) is 35.4 Å². The number of hydroxylamine groups is 1. The first-order chi connectivity index (χ1) is 16.2. The van der Waals surface area contributed by atoms with Crippen LogP contribution in [0.2, 0.25) is 0 Å². The molecular weight excluding hydrogens is 418 g/mol. The van der Waals surface area contributed by atoms with E-state index >= 15 is 0 Å². The van der Waals surface area contributed by atoms with Crippen molar-refractivity contribution in [3.8, 4) is 0 Å². The van der Waals surface area contributed by atoms with Gasteiger partial charge in [0.15, 0.2) is 0 Å². The predicted molar refractivity (Wildman–Crippen MR) is 126 cm³/mol. The third kappa shape index (κ3) is 6.39. The van der Waals surface area contributed by atoms with Crippen molar-refractivity contribution in [2.75, 3.05) is 5.32 Å². The van der Waals surface area contributed by atoms with E-state index in [1.165, 1.54) is 5.56 Å². The molecule has 3 heterocycles. The Balaban J connectivity index is 1.29. The Labute approximate surface area is 192 Å². The molecular formula is C24H29N7O2. The maximum Gasteiger partial charge on any atom is 0.243 e. The highest BCUT2D eigenvalue weighted by molar-refractivity contribution is 5.76. The largest absolute Gasteiger partial charge is 0.332 e. The molecule has 4 aromatic rings. The molecule has 0 aliphatic rings. The molecule has 0 saturated carbocycles. The summed E-state index contributed by atoms with van der Waals surface area (Å²) in [4.78, 5) is 20.2. The number of hydrogen-bond acceptors (Lipinski definition) is 6. The molecule has 33 heavy (non-hydrogen) atoms. The lowest BCUT2D eigenvalue weighted by Gasteiger charge is -2.07. The summed E-state index contributed by atoms with van der Waals surface area (Å²) in [7, 11) is 0. The van der Waals surface area contributed by atoms with E-state index in [0.717, 1.165) is 61.9 Å². The van der Waals surface area contributed by atoms with Crippen molar-refractivity contribution in [1.29, 1.82) is 0 Å². The molecule has 9 heteroatoms. The fourth-order valence-corrected chi connectivity index (χ4v) is 3.75. The van der Waals surface area contributed by atoms with E-state index in [-0.39, 0.29) is 5.91 Å². The van der Waals surface area contributed by atoms with Crippen LogP contribution in [0, 0.1) is 0 Å². The number of aryl methyl sites for hydroxylation is 3. The Morgan fingerprint density at radius 1 is 1.00 bits per heavy atom. The number of nitrogens with one attached hydrogen (secondary N) is 2. The lowest BCUT2D eigenvalue weighted by atomic mass is 10.1. The SMILES string of the molecule is O=C(CCCCCCn1cc(Nc2ncc3ccn(CCc4ccccc4)c3n2)cn1)NO. The molecule has 0 aliphatic carbocycles. The third-order valence-electron chi connectivity index (χ3n) is 5.54. The van der Waals surface area contributed by atoms with E-state index in [1.807, 2.05) is 29.2 Å². The Bertz CT molecular complexity index is 1170. The lowest BCUT2D eigenvalue weighted by molar-refractivity contribution is -0.129. The molecule has 9 nitrogen and oxygen atoms in total. The fourth-order valence-electron chi connectivity index (χ4n) is 3.75. The zero-order valence-electron chi connectivity index (χ0n) is 18.5. The summed E-state index contributed by atoms with van der Waals surface area (Å²) in [6.45, 7) is 1.66. The van der Waals surface area contributed by atoms with Crippen molar-refractivity contribution >= 4 is 28.6 Å². The maximum atomic E-state index is 11.0. The average molecular weight is 448 g/mol. The molecule has 1 amide bonds. The summed E-state index contributed by atoms with van der Waals surface area (Å²) in [5.41, 5.74) is 4.71. The van der Waals surface area contributed by atoms with Gasteiger partial charge in [0.2, 0.25) is 11.9 Å². The Morgan fingerprint density at radius 3 is 2.70 bits per heavy atom. The van der Waals surface area contributed by atoms with Gasteiger partial charge in [-0.1, -0.05) is 43.2 Å². The molecule has 0 atom stereocenters. The number of carbonyl (C=O) groups excluding carboxylic acids is 1. The summed E-state index contributed by atoms with van der Waals surface area (Å²) < 4.78 is 4.05. The quantitative estimate of drug-likeness (QED) is 0.172. The van der Waals surface area contributed by atoms with Gasteiger partial charge in [0, 0.05) is 43.5 Å². The topological polar surface area (TPSA) is 110 Å². The fraction of sp³-hybridized carbons (Fsp3) is 0.333. The second-order valence-corrected chi connectivity index (χ2v) is 8.03. The molecule has 0 saturated heterocycles. The minimum atomic E-state index is -0.332. The Morgan fingerprint density at radius 2 is 1.85 bits per heavy atom. The van der Waals surface area contributed by atoms with Crippen LogP contribution >= 0.6 is 0 Å². The lowest BCUT2D eigenvalue weighted by Crippen LogP contribution is -2.17. The monoisotopic (exact) mass is 447 g/mol. The van der Waals surface area contributed by atoms with Crippen LogP contribution in [0.5, 0.6) is 0 Å². The van der Waals surface area contributed by atoms with E-state index in [4.69, 9.17) is 10.2 Å². The normalized spacial score (nSPS) is 11.1. The number of benzene rings is 1. The van der Waals surface area contributed by atoms with Crippen molar-refractivity contribution in [3.63, 3.8) is 0 Å². The molecule has 0 unspecified atom stereocenters. The number of rotatable bonds is 12. The number of carbonyl (C=O) groups is 1. The Hall–Kier alpha value is -3.72. The van der Waals surface area contributed by atoms with Crippen LogP contribution in [0.3, 0.4) is 0 Å². The predicted octanol–water partition coefficient (Wildman–Crippen LogP) is 4.07. The van der Waals surface area contributed by atoms with Gasteiger partial charge in [-0.05, 0) is 30.9 Å². The highest BCUT2D eigenvalue weighted by Crippen LogP contribution is 2.18. The molecule has 0 aliphatic heterocycles. The van der Waals surface area contributed by atoms with Crippen LogP contribution in [0.25, 0.3) is 11.0 Å². The first-order valence-electron chi connectivity index (χ1n) is 11.3. The molecule has 0 bridgehead atoms. The molecule has 3 N–H and O–H groups in total. The third-order valence-corrected chi connectivity index (χ3v) is 5.54. The van der Waals surface area contributed by atoms with E-state index < -0.39 is 0 Å². The molecule has 3 aromatic heterocycles. The van der Waals surface area contributed by atoms with E-state index in [1.54, 1.807) is 11.7 Å². The number of amides is 1. The van der Waals surface area contributed by atoms with Crippen LogP contribution in [0.1, 0.15) is 37.7 Å². The van der Waals surface area contributed by atoms with Crippen LogP contribution < -0.4 is 10.8 Å². The number of hydrogen-bond donors (Lipinski definition) is 3. The summed E-state index contributed by atoms with van der Waals surface area (Å²) in [6.07, 6.45) is 12.6. The van der Waals surface area contributed by atoms with Crippen molar-refractivity contribution in [2.24, 2.45) is 0 Å². The molecule has 0 radical (unpaired) electrons. The van der Waals surface area contributed by atoms with Gasteiger partial charge in [-0.25, -0.2) is 10.5 Å². The smallest absolute Gasteiger partial charge is 0.243 e. The standard InChI is InChI=1S/C24H29N7O2/c32-22(29-33)10-6-1-2-7-13-31-18-21(17-26-31)27-24-25-16-20-12-15-30(23(20)28-24)14-11-19-8-4-3-5-9-19/h3-5,8-9,12,15-18,33H,1-2,6-7,10-11,13-14H2,(H,29,32)(H,25,27,28). The Kier molecular flexibility index (Phi) is 7.65. The van der Waals surface area contributed by atoms with Gasteiger partial charge in [0.1, 0.15) is 5.65 Å². The summed E-state index contributed by atoms with van der Waals surface area (Å²) in [5.74, 6) is 0.213. The summed E-state index contributed by atoms with van der Waals surface area (Å²) in [5, 5.41) is 17.2. The van der Waals surface area contributed by atoms with Gasteiger partial charge < -0.3 is 9.88 Å². The van der Waals surface area contributed by atoms with Crippen LogP contribution in [0.4, 0.5) is 11.6 Å². The highest BCUT2D eigenvalue weighted by atomic mass is 16.5. The minimum absolute atomic E-state index is 0.332. The molecule has 1 aromatic carbocycles. The molecule has 0 spiro atoms. The van der Waals surface area contributed by atoms with Crippen molar-refractivity contribution in [3.05, 3.63) is 66.7 Å². The maximum absolute atomic E-state index is 11.0. The summed E-state index contributed by atoms with van der Waals surface area (Å²) >= 11 is 0. The number of aromatic nitrogens is 5. The first-order valence-corrected chi connectivity index (χ1v) is 11.3. The van der Waals surface area contributed by atoms with Crippen molar-refractivity contribution in [2.45, 2.75) is 51.6 Å². The zero-order chi connectivity index (χ0) is 22.9. The molecule has 4 rings (SSSR count). The van der Waals surface area contributed by atoms with E-state index in [9.17, 15) is 4.79 Å². The van der Waals surface area contributed by atoms with Crippen molar-refractivity contribution < 1.29 is 10.0 Å². The number of unbranched alkanes of at least 4 members (excludes halogenated alkanes) is 3. The van der Waals surface area contributed by atoms with Gasteiger partial charge in [-0.3, -0.25) is 14.7 Å². The average Bonchev–Trinajstić information content (AvgIpc) is 3.46. The van der Waals surface area contributed by atoms with Crippen LogP contribution in [-0.2, 0) is 24.3 Å². The van der Waals surface area contributed by atoms with Crippen LogP contribution in [0.15, 0.2) is 61.2 Å². The second kappa shape index (κ2) is 11.2.